The van der Waals surface area contributed by atoms with Crippen LogP contribution in [0, 0.1) is 5.92 Å². The zero-order valence-corrected chi connectivity index (χ0v) is 17.5. The molecule has 1 fully saturated rings. The molecule has 3 aromatic rings. The van der Waals surface area contributed by atoms with Crippen LogP contribution < -0.4 is 10.1 Å². The van der Waals surface area contributed by atoms with Gasteiger partial charge in [-0.05, 0) is 47.4 Å². The topological polar surface area (TPSA) is 58.6 Å². The fraction of sp³-hybridized carbons (Fsp3) is 0.280. The molecule has 1 aliphatic heterocycles. The summed E-state index contributed by atoms with van der Waals surface area (Å²) >= 11 is 0. The number of nitrogens with zero attached hydrogens (tertiary/aromatic N) is 1. The minimum absolute atomic E-state index is 0.0612. The van der Waals surface area contributed by atoms with Gasteiger partial charge < -0.3 is 15.0 Å². The van der Waals surface area contributed by atoms with E-state index in [1.807, 2.05) is 42.5 Å². The highest BCUT2D eigenvalue weighted by molar-refractivity contribution is 6.07. The SMILES string of the molecule is O=C(NCc1ccc(OC(F)F)cc1)C1CCCN(C(=O)c2cccc3ccccc23)C1. The van der Waals surface area contributed by atoms with Crippen LogP contribution in [0.25, 0.3) is 10.8 Å². The quantitative estimate of drug-likeness (QED) is 0.612. The fourth-order valence-corrected chi connectivity index (χ4v) is 4.08. The first-order valence-electron chi connectivity index (χ1n) is 10.6. The van der Waals surface area contributed by atoms with Gasteiger partial charge >= 0.3 is 6.61 Å². The predicted octanol–water partition coefficient (Wildman–Crippen LogP) is 4.61. The predicted molar refractivity (Wildman–Crippen MR) is 117 cm³/mol. The third-order valence-electron chi connectivity index (χ3n) is 5.71. The molecule has 4 rings (SSSR count). The summed E-state index contributed by atoms with van der Waals surface area (Å²) in [4.78, 5) is 27.7. The van der Waals surface area contributed by atoms with Crippen molar-refractivity contribution >= 4 is 22.6 Å². The monoisotopic (exact) mass is 438 g/mol. The lowest BCUT2D eigenvalue weighted by Gasteiger charge is -2.32. The second-order valence-corrected chi connectivity index (χ2v) is 7.86. The zero-order valence-electron chi connectivity index (χ0n) is 17.5. The summed E-state index contributed by atoms with van der Waals surface area (Å²) in [5.41, 5.74) is 1.43. The van der Waals surface area contributed by atoms with Crippen LogP contribution >= 0.6 is 0 Å². The Hall–Kier alpha value is -3.48. The average Bonchev–Trinajstić information content (AvgIpc) is 2.82. The largest absolute Gasteiger partial charge is 0.435 e. The first-order valence-corrected chi connectivity index (χ1v) is 10.6. The number of amides is 2. The smallest absolute Gasteiger partial charge is 0.387 e. The van der Waals surface area contributed by atoms with Gasteiger partial charge in [0.15, 0.2) is 0 Å². The highest BCUT2D eigenvalue weighted by atomic mass is 19.3. The van der Waals surface area contributed by atoms with E-state index in [2.05, 4.69) is 10.1 Å². The normalized spacial score (nSPS) is 16.2. The lowest BCUT2D eigenvalue weighted by Crippen LogP contribution is -2.45. The van der Waals surface area contributed by atoms with E-state index in [1.165, 1.54) is 12.1 Å². The number of alkyl halides is 2. The van der Waals surface area contributed by atoms with Gasteiger partial charge in [0.2, 0.25) is 5.91 Å². The van der Waals surface area contributed by atoms with E-state index in [9.17, 15) is 18.4 Å². The van der Waals surface area contributed by atoms with E-state index < -0.39 is 6.61 Å². The standard InChI is InChI=1S/C25H24F2N2O3/c26-25(27)32-20-12-10-17(11-13-20)15-28-23(30)19-7-4-14-29(16-19)24(31)22-9-3-6-18-5-1-2-8-21(18)22/h1-3,5-6,8-13,19,25H,4,7,14-16H2,(H,28,30). The summed E-state index contributed by atoms with van der Waals surface area (Å²) in [6.45, 7) is -1.60. The van der Waals surface area contributed by atoms with Crippen molar-refractivity contribution in [3.63, 3.8) is 0 Å². The van der Waals surface area contributed by atoms with Crippen LogP contribution in [0.3, 0.4) is 0 Å². The van der Waals surface area contributed by atoms with Crippen LogP contribution in [0.2, 0.25) is 0 Å². The Balaban J connectivity index is 1.37. The number of benzene rings is 3. The number of rotatable bonds is 6. The van der Waals surface area contributed by atoms with Gasteiger partial charge in [-0.3, -0.25) is 9.59 Å². The molecule has 0 aromatic heterocycles. The maximum absolute atomic E-state index is 13.2. The van der Waals surface area contributed by atoms with Crippen molar-refractivity contribution in [2.45, 2.75) is 26.0 Å². The van der Waals surface area contributed by atoms with Crippen molar-refractivity contribution in [1.82, 2.24) is 10.2 Å². The molecule has 32 heavy (non-hydrogen) atoms. The first-order chi connectivity index (χ1) is 15.5. The minimum Gasteiger partial charge on any atom is -0.435 e. The van der Waals surface area contributed by atoms with E-state index >= 15 is 0 Å². The zero-order chi connectivity index (χ0) is 22.5. The highest BCUT2D eigenvalue weighted by Crippen LogP contribution is 2.24. The summed E-state index contributed by atoms with van der Waals surface area (Å²) < 4.78 is 28.8. The molecular weight excluding hydrogens is 414 g/mol. The molecule has 0 aliphatic carbocycles. The molecule has 1 N–H and O–H groups in total. The van der Waals surface area contributed by atoms with Gasteiger partial charge in [-0.2, -0.15) is 8.78 Å². The lowest BCUT2D eigenvalue weighted by molar-refractivity contribution is -0.126. The highest BCUT2D eigenvalue weighted by Gasteiger charge is 2.29. The van der Waals surface area contributed by atoms with Crippen molar-refractivity contribution in [2.75, 3.05) is 13.1 Å². The molecule has 3 aromatic carbocycles. The van der Waals surface area contributed by atoms with Gasteiger partial charge in [-0.1, -0.05) is 48.5 Å². The summed E-state index contributed by atoms with van der Waals surface area (Å²) in [6.07, 6.45) is 1.47. The molecule has 1 aliphatic rings. The summed E-state index contributed by atoms with van der Waals surface area (Å²) in [6, 6.07) is 19.6. The van der Waals surface area contributed by atoms with Crippen LogP contribution in [-0.2, 0) is 11.3 Å². The van der Waals surface area contributed by atoms with Crippen molar-refractivity contribution in [3.8, 4) is 5.75 Å². The maximum Gasteiger partial charge on any atom is 0.387 e. The van der Waals surface area contributed by atoms with Crippen LogP contribution in [0.5, 0.6) is 5.75 Å². The average molecular weight is 438 g/mol. The van der Waals surface area contributed by atoms with Gasteiger partial charge in [0.1, 0.15) is 5.75 Å². The van der Waals surface area contributed by atoms with E-state index in [-0.39, 0.29) is 30.0 Å². The third-order valence-corrected chi connectivity index (χ3v) is 5.71. The molecule has 5 nitrogen and oxygen atoms in total. The van der Waals surface area contributed by atoms with Gasteiger partial charge in [0.25, 0.3) is 5.91 Å². The van der Waals surface area contributed by atoms with Crippen LogP contribution in [0.1, 0.15) is 28.8 Å². The number of fused-ring (bicyclic) bond motifs is 1. The van der Waals surface area contributed by atoms with Crippen LogP contribution in [0.4, 0.5) is 8.78 Å². The van der Waals surface area contributed by atoms with Crippen molar-refractivity contribution in [1.29, 1.82) is 0 Å². The lowest BCUT2D eigenvalue weighted by atomic mass is 9.95. The molecule has 0 radical (unpaired) electrons. The second kappa shape index (κ2) is 9.77. The number of nitrogens with one attached hydrogen (secondary N) is 1. The van der Waals surface area contributed by atoms with Crippen LogP contribution in [-0.4, -0.2) is 36.4 Å². The van der Waals surface area contributed by atoms with Gasteiger partial charge in [0.05, 0.1) is 5.92 Å². The summed E-state index contributed by atoms with van der Waals surface area (Å²) in [5.74, 6) is -0.392. The molecule has 0 saturated carbocycles. The Morgan fingerprint density at radius 2 is 1.78 bits per heavy atom. The number of ether oxygens (including phenoxy) is 1. The molecule has 166 valence electrons. The number of piperidine rings is 1. The Kier molecular flexibility index (Phi) is 6.63. The number of carbonyl (C=O) groups is 2. The molecule has 0 spiro atoms. The second-order valence-electron chi connectivity index (χ2n) is 7.86. The van der Waals surface area contributed by atoms with Crippen molar-refractivity contribution < 1.29 is 23.1 Å². The molecule has 7 heteroatoms. The van der Waals surface area contributed by atoms with Crippen molar-refractivity contribution in [3.05, 3.63) is 77.9 Å². The number of halogens is 2. The number of hydrogen-bond donors (Lipinski definition) is 1. The molecular formula is C25H24F2N2O3. The number of carbonyl (C=O) groups excluding carboxylic acids is 2. The van der Waals surface area contributed by atoms with Gasteiger partial charge in [-0.25, -0.2) is 0 Å². The Bertz CT molecular complexity index is 1100. The molecule has 1 heterocycles. The molecule has 0 bridgehead atoms. The number of hydrogen-bond acceptors (Lipinski definition) is 3. The first kappa shape index (κ1) is 21.7. The minimum atomic E-state index is -2.87. The summed E-state index contributed by atoms with van der Waals surface area (Å²) in [5, 5.41) is 4.81. The Labute approximate surface area is 185 Å². The molecule has 1 atom stereocenters. The fourth-order valence-electron chi connectivity index (χ4n) is 4.08. The van der Waals surface area contributed by atoms with E-state index in [0.717, 1.165) is 22.8 Å². The molecule has 2 amide bonds. The van der Waals surface area contributed by atoms with Gasteiger partial charge in [-0.15, -0.1) is 0 Å². The third kappa shape index (κ3) is 5.04. The van der Waals surface area contributed by atoms with E-state index in [1.54, 1.807) is 17.0 Å². The van der Waals surface area contributed by atoms with Gasteiger partial charge in [0, 0.05) is 25.2 Å². The maximum atomic E-state index is 13.2. The summed E-state index contributed by atoms with van der Waals surface area (Å²) in [7, 11) is 0. The van der Waals surface area contributed by atoms with E-state index in [4.69, 9.17) is 0 Å². The van der Waals surface area contributed by atoms with Crippen LogP contribution in [0.15, 0.2) is 66.7 Å². The van der Waals surface area contributed by atoms with E-state index in [0.29, 0.717) is 25.1 Å². The Morgan fingerprint density at radius 3 is 2.56 bits per heavy atom. The molecule has 1 saturated heterocycles. The Morgan fingerprint density at radius 1 is 1.03 bits per heavy atom. The number of likely N-dealkylation sites (tertiary alicyclic amines) is 1. The molecule has 1 unspecified atom stereocenters. The van der Waals surface area contributed by atoms with Crippen molar-refractivity contribution in [2.24, 2.45) is 5.92 Å².